The van der Waals surface area contributed by atoms with E-state index in [9.17, 15) is 13.2 Å². The molecule has 5 heteroatoms. The van der Waals surface area contributed by atoms with Gasteiger partial charge in [0.05, 0.1) is 0 Å². The second kappa shape index (κ2) is 2.75. The van der Waals surface area contributed by atoms with Gasteiger partial charge in [0.15, 0.2) is 6.61 Å². The number of nitrogens with zero attached hydrogens (tertiary/aromatic N) is 1. The van der Waals surface area contributed by atoms with E-state index in [4.69, 9.17) is 0 Å². The van der Waals surface area contributed by atoms with Gasteiger partial charge in [0.1, 0.15) is 0 Å². The highest BCUT2D eigenvalue weighted by atomic mass is 19.4. The van der Waals surface area contributed by atoms with E-state index in [1.165, 1.54) is 5.06 Å². The summed E-state index contributed by atoms with van der Waals surface area (Å²) in [4.78, 5) is 4.35. The molecule has 0 N–H and O–H groups in total. The molecule has 2 nitrogen and oxygen atoms in total. The Morgan fingerprint density at radius 2 is 1.90 bits per heavy atom. The van der Waals surface area contributed by atoms with E-state index in [-0.39, 0.29) is 0 Å². The van der Waals surface area contributed by atoms with Gasteiger partial charge in [-0.1, -0.05) is 0 Å². The molecule has 0 aromatic carbocycles. The minimum absolute atomic E-state index is 0.621. The van der Waals surface area contributed by atoms with Crippen LogP contribution in [0.1, 0.15) is 6.42 Å². The molecule has 1 aliphatic rings. The molecule has 0 atom stereocenters. The Balaban J connectivity index is 2.04. The summed E-state index contributed by atoms with van der Waals surface area (Å²) in [6.45, 7) is 0.0825. The van der Waals surface area contributed by atoms with Crippen LogP contribution in [0.25, 0.3) is 0 Å². The topological polar surface area (TPSA) is 12.5 Å². The summed E-state index contributed by atoms with van der Waals surface area (Å²) in [5.41, 5.74) is 0. The molecule has 0 amide bonds. The minimum atomic E-state index is -4.20. The van der Waals surface area contributed by atoms with Gasteiger partial charge in [0.25, 0.3) is 0 Å². The van der Waals surface area contributed by atoms with Gasteiger partial charge in [0.2, 0.25) is 0 Å². The van der Waals surface area contributed by atoms with Crippen LogP contribution in [0.15, 0.2) is 0 Å². The fourth-order valence-corrected chi connectivity index (χ4v) is 0.581. The van der Waals surface area contributed by atoms with Crippen LogP contribution >= 0.6 is 0 Å². The first-order valence-corrected chi connectivity index (χ1v) is 3.02. The van der Waals surface area contributed by atoms with Gasteiger partial charge in [-0.15, -0.1) is 0 Å². The Labute approximate surface area is 56.5 Å². The van der Waals surface area contributed by atoms with Crippen LogP contribution < -0.4 is 0 Å². The van der Waals surface area contributed by atoms with Crippen LogP contribution in [0.3, 0.4) is 0 Å². The molecule has 60 valence electrons. The van der Waals surface area contributed by atoms with Crippen molar-refractivity contribution in [3.8, 4) is 0 Å². The average molecular weight is 155 g/mol. The molecule has 10 heavy (non-hydrogen) atoms. The molecule has 0 radical (unpaired) electrons. The third-order valence-corrected chi connectivity index (χ3v) is 1.23. The summed E-state index contributed by atoms with van der Waals surface area (Å²) in [5, 5.41) is 1.31. The second-order valence-corrected chi connectivity index (χ2v) is 2.17. The first-order chi connectivity index (χ1) is 4.58. The minimum Gasteiger partial charge on any atom is -0.289 e. The summed E-state index contributed by atoms with van der Waals surface area (Å²) >= 11 is 0. The Kier molecular flexibility index (Phi) is 2.15. The molecule has 0 bridgehead atoms. The Bertz CT molecular complexity index is 110. The van der Waals surface area contributed by atoms with E-state index in [0.717, 1.165) is 6.42 Å². The Morgan fingerprint density at radius 3 is 2.20 bits per heavy atom. The number of hydroxylamine groups is 2. The normalized spacial score (nSPS) is 20.7. The van der Waals surface area contributed by atoms with Gasteiger partial charge in [-0.2, -0.15) is 18.2 Å². The smallest absolute Gasteiger partial charge is 0.289 e. The quantitative estimate of drug-likeness (QED) is 0.593. The number of hydrogen-bond donors (Lipinski definition) is 0. The lowest BCUT2D eigenvalue weighted by Crippen LogP contribution is -2.39. The van der Waals surface area contributed by atoms with E-state index in [2.05, 4.69) is 4.84 Å². The van der Waals surface area contributed by atoms with Gasteiger partial charge in [-0.25, -0.2) is 0 Å². The third-order valence-electron chi connectivity index (χ3n) is 1.23. The van der Waals surface area contributed by atoms with Crippen LogP contribution in [0.5, 0.6) is 0 Å². The molecule has 1 rings (SSSR count). The molecule has 1 heterocycles. The molecular weight excluding hydrogens is 147 g/mol. The standard InChI is InChI=1S/C5H8F3NO/c6-5(7,8)4-10-9-2-1-3-9/h1-4H2. The first-order valence-electron chi connectivity index (χ1n) is 3.02. The summed E-state index contributed by atoms with van der Waals surface area (Å²) in [6.07, 6.45) is -3.27. The van der Waals surface area contributed by atoms with Gasteiger partial charge < -0.3 is 0 Å². The van der Waals surface area contributed by atoms with Crippen molar-refractivity contribution >= 4 is 0 Å². The van der Waals surface area contributed by atoms with Crippen LogP contribution in [0, 0.1) is 0 Å². The van der Waals surface area contributed by atoms with Crippen molar-refractivity contribution < 1.29 is 18.0 Å². The Hall–Kier alpha value is -0.290. The number of alkyl halides is 3. The molecule has 1 fully saturated rings. The van der Waals surface area contributed by atoms with Gasteiger partial charge >= 0.3 is 6.18 Å². The molecule has 1 saturated heterocycles. The Morgan fingerprint density at radius 1 is 1.30 bits per heavy atom. The lowest BCUT2D eigenvalue weighted by atomic mass is 10.3. The van der Waals surface area contributed by atoms with E-state index in [1.807, 2.05) is 0 Å². The SMILES string of the molecule is FC(F)(F)CON1CCC1. The second-order valence-electron chi connectivity index (χ2n) is 2.17. The molecule has 1 aliphatic heterocycles. The largest absolute Gasteiger partial charge is 0.413 e. The van der Waals surface area contributed by atoms with E-state index >= 15 is 0 Å². The maximum atomic E-state index is 11.4. The van der Waals surface area contributed by atoms with E-state index in [0.29, 0.717) is 13.1 Å². The summed E-state index contributed by atoms with van der Waals surface area (Å²) < 4.78 is 34.3. The van der Waals surface area contributed by atoms with E-state index < -0.39 is 12.8 Å². The van der Waals surface area contributed by atoms with Crippen molar-refractivity contribution in [2.75, 3.05) is 19.7 Å². The summed E-state index contributed by atoms with van der Waals surface area (Å²) in [5.74, 6) is 0. The lowest BCUT2D eigenvalue weighted by molar-refractivity contribution is -0.270. The summed E-state index contributed by atoms with van der Waals surface area (Å²) in [6, 6.07) is 0. The van der Waals surface area contributed by atoms with Crippen LogP contribution in [0.4, 0.5) is 13.2 Å². The van der Waals surface area contributed by atoms with Crippen LogP contribution in [-0.4, -0.2) is 30.9 Å². The molecule has 0 unspecified atom stereocenters. The number of rotatable bonds is 2. The number of halogens is 3. The third kappa shape index (κ3) is 2.53. The van der Waals surface area contributed by atoms with Gasteiger partial charge in [-0.3, -0.25) is 4.84 Å². The highest BCUT2D eigenvalue weighted by Gasteiger charge is 2.30. The highest BCUT2D eigenvalue weighted by molar-refractivity contribution is 4.59. The fraction of sp³-hybridized carbons (Fsp3) is 1.00. The maximum absolute atomic E-state index is 11.4. The highest BCUT2D eigenvalue weighted by Crippen LogP contribution is 2.17. The predicted octanol–water partition coefficient (Wildman–Crippen LogP) is 1.19. The van der Waals surface area contributed by atoms with Crippen molar-refractivity contribution in [2.24, 2.45) is 0 Å². The van der Waals surface area contributed by atoms with Crippen molar-refractivity contribution in [2.45, 2.75) is 12.6 Å². The van der Waals surface area contributed by atoms with Gasteiger partial charge in [-0.05, 0) is 6.42 Å². The monoisotopic (exact) mass is 155 g/mol. The molecule has 0 aliphatic carbocycles. The molecule has 0 saturated carbocycles. The molecular formula is C5H8F3NO. The predicted molar refractivity (Wildman–Crippen MR) is 28.2 cm³/mol. The number of hydrogen-bond acceptors (Lipinski definition) is 2. The van der Waals surface area contributed by atoms with Crippen LogP contribution in [0.2, 0.25) is 0 Å². The van der Waals surface area contributed by atoms with Crippen molar-refractivity contribution in [1.29, 1.82) is 0 Å². The maximum Gasteiger partial charge on any atom is 0.413 e. The van der Waals surface area contributed by atoms with Crippen molar-refractivity contribution in [3.63, 3.8) is 0 Å². The average Bonchev–Trinajstić information content (AvgIpc) is 1.56. The van der Waals surface area contributed by atoms with Crippen molar-refractivity contribution in [1.82, 2.24) is 5.06 Å². The lowest BCUT2D eigenvalue weighted by Gasteiger charge is -2.29. The molecule has 0 aromatic rings. The molecule has 0 aromatic heterocycles. The zero-order valence-corrected chi connectivity index (χ0v) is 5.32. The zero-order valence-electron chi connectivity index (χ0n) is 5.32. The van der Waals surface area contributed by atoms with E-state index in [1.54, 1.807) is 0 Å². The summed E-state index contributed by atoms with van der Waals surface area (Å²) in [7, 11) is 0. The van der Waals surface area contributed by atoms with Gasteiger partial charge in [0, 0.05) is 13.1 Å². The first kappa shape index (κ1) is 7.81. The van der Waals surface area contributed by atoms with Crippen molar-refractivity contribution in [3.05, 3.63) is 0 Å². The fourth-order valence-electron chi connectivity index (χ4n) is 0.581. The van der Waals surface area contributed by atoms with Crippen LogP contribution in [-0.2, 0) is 4.84 Å². The zero-order chi connectivity index (χ0) is 7.61. The molecule has 0 spiro atoms.